The number of esters is 1. The number of nitrogens with two attached hydrogens (primary N) is 1. The van der Waals surface area contributed by atoms with Crippen LogP contribution in [0.2, 0.25) is 0 Å². The Morgan fingerprint density at radius 1 is 1.04 bits per heavy atom. The van der Waals surface area contributed by atoms with Crippen LogP contribution >= 0.6 is 0 Å². The van der Waals surface area contributed by atoms with Gasteiger partial charge in [0.25, 0.3) is 17.7 Å². The molecule has 0 saturated carbocycles. The molecule has 3 amide bonds. The van der Waals surface area contributed by atoms with Crippen molar-refractivity contribution in [2.24, 2.45) is 5.73 Å². The topological polar surface area (TPSA) is 116 Å². The molecule has 0 aliphatic carbocycles. The molecule has 1 aliphatic heterocycles. The number of amides is 3. The third kappa shape index (κ3) is 3.44. The lowest BCUT2D eigenvalue weighted by atomic mass is 10.1. The summed E-state index contributed by atoms with van der Waals surface area (Å²) in [4.78, 5) is 49.7. The predicted molar refractivity (Wildman–Crippen MR) is 99.3 cm³/mol. The zero-order valence-corrected chi connectivity index (χ0v) is 15.3. The van der Waals surface area contributed by atoms with Crippen LogP contribution in [0.1, 0.15) is 44.9 Å². The fourth-order valence-corrected chi connectivity index (χ4v) is 2.75. The Labute approximate surface area is 160 Å². The highest BCUT2D eigenvalue weighted by Gasteiger charge is 2.37. The molecule has 2 N–H and O–H groups in total. The Balaban J connectivity index is 1.87. The first kappa shape index (κ1) is 19.1. The van der Waals surface area contributed by atoms with E-state index in [2.05, 4.69) is 0 Å². The summed E-state index contributed by atoms with van der Waals surface area (Å²) >= 11 is 0. The third-order valence-electron chi connectivity index (χ3n) is 4.21. The van der Waals surface area contributed by atoms with Crippen LogP contribution in [0.4, 0.5) is 5.69 Å². The normalized spacial score (nSPS) is 13.9. The van der Waals surface area contributed by atoms with Gasteiger partial charge >= 0.3 is 5.97 Å². The SMILES string of the molecule is CCOc1ccc(N2C(=O)c3ccc(C(=O)O[C@@H](C)C(N)=O)cc3C2=O)cc1. The van der Waals surface area contributed by atoms with E-state index < -0.39 is 29.8 Å². The molecule has 0 fully saturated rings. The van der Waals surface area contributed by atoms with Gasteiger partial charge in [0.05, 0.1) is 29.0 Å². The van der Waals surface area contributed by atoms with Crippen molar-refractivity contribution in [2.45, 2.75) is 20.0 Å². The molecule has 0 saturated heterocycles. The van der Waals surface area contributed by atoms with Gasteiger partial charge < -0.3 is 15.2 Å². The molecule has 0 spiro atoms. The molecule has 3 rings (SSSR count). The molecule has 28 heavy (non-hydrogen) atoms. The summed E-state index contributed by atoms with van der Waals surface area (Å²) in [5.41, 5.74) is 5.77. The molecular weight excluding hydrogens is 364 g/mol. The molecule has 1 atom stereocenters. The van der Waals surface area contributed by atoms with Crippen molar-refractivity contribution < 1.29 is 28.7 Å². The monoisotopic (exact) mass is 382 g/mol. The van der Waals surface area contributed by atoms with Gasteiger partial charge in [-0.25, -0.2) is 9.69 Å². The van der Waals surface area contributed by atoms with Crippen LogP contribution in [0.5, 0.6) is 5.75 Å². The number of carbonyl (C=O) groups is 4. The quantitative estimate of drug-likeness (QED) is 0.603. The molecule has 2 aromatic carbocycles. The van der Waals surface area contributed by atoms with E-state index in [0.717, 1.165) is 4.90 Å². The highest BCUT2D eigenvalue weighted by atomic mass is 16.5. The number of benzene rings is 2. The lowest BCUT2D eigenvalue weighted by Crippen LogP contribution is -2.30. The van der Waals surface area contributed by atoms with Crippen molar-refractivity contribution in [3.63, 3.8) is 0 Å². The number of anilines is 1. The number of rotatable bonds is 6. The van der Waals surface area contributed by atoms with Gasteiger partial charge in [-0.15, -0.1) is 0 Å². The average Bonchev–Trinajstić information content (AvgIpc) is 2.93. The molecule has 2 aromatic rings. The van der Waals surface area contributed by atoms with Crippen molar-refractivity contribution in [1.82, 2.24) is 0 Å². The van der Waals surface area contributed by atoms with Crippen LogP contribution in [0.15, 0.2) is 42.5 Å². The number of fused-ring (bicyclic) bond motifs is 1. The molecule has 8 heteroatoms. The molecule has 1 heterocycles. The third-order valence-corrected chi connectivity index (χ3v) is 4.21. The van der Waals surface area contributed by atoms with Crippen molar-refractivity contribution >= 4 is 29.4 Å². The molecule has 0 aromatic heterocycles. The summed E-state index contributed by atoms with van der Waals surface area (Å²) in [6.45, 7) is 3.69. The number of ether oxygens (including phenoxy) is 2. The van der Waals surface area contributed by atoms with Crippen molar-refractivity contribution in [2.75, 3.05) is 11.5 Å². The Bertz CT molecular complexity index is 967. The second kappa shape index (κ2) is 7.51. The number of primary amides is 1. The molecule has 1 aliphatic rings. The van der Waals surface area contributed by atoms with Crippen molar-refractivity contribution in [1.29, 1.82) is 0 Å². The van der Waals surface area contributed by atoms with E-state index in [1.807, 2.05) is 6.92 Å². The maximum atomic E-state index is 12.8. The van der Waals surface area contributed by atoms with Gasteiger partial charge in [-0.2, -0.15) is 0 Å². The minimum Gasteiger partial charge on any atom is -0.494 e. The van der Waals surface area contributed by atoms with Gasteiger partial charge in [-0.1, -0.05) is 0 Å². The largest absolute Gasteiger partial charge is 0.494 e. The summed E-state index contributed by atoms with van der Waals surface area (Å²) in [6, 6.07) is 10.6. The zero-order chi connectivity index (χ0) is 20.4. The second-order valence-electron chi connectivity index (χ2n) is 6.08. The van der Waals surface area contributed by atoms with Crippen LogP contribution in [0.25, 0.3) is 0 Å². The number of hydrogen-bond acceptors (Lipinski definition) is 6. The Hall–Kier alpha value is -3.68. The molecule has 0 radical (unpaired) electrons. The Kier molecular flexibility index (Phi) is 5.12. The van der Waals surface area contributed by atoms with E-state index in [1.165, 1.54) is 25.1 Å². The predicted octanol–water partition coefficient (Wildman–Crippen LogP) is 1.92. The molecule has 8 nitrogen and oxygen atoms in total. The smallest absolute Gasteiger partial charge is 0.338 e. The Morgan fingerprint density at radius 2 is 1.68 bits per heavy atom. The first-order chi connectivity index (χ1) is 13.3. The molecule has 0 bridgehead atoms. The summed E-state index contributed by atoms with van der Waals surface area (Å²) in [6.07, 6.45) is -1.11. The maximum absolute atomic E-state index is 12.8. The van der Waals surface area contributed by atoms with Gasteiger partial charge in [0, 0.05) is 0 Å². The van der Waals surface area contributed by atoms with Crippen LogP contribution < -0.4 is 15.4 Å². The fourth-order valence-electron chi connectivity index (χ4n) is 2.75. The fraction of sp³-hybridized carbons (Fsp3) is 0.200. The summed E-state index contributed by atoms with van der Waals surface area (Å²) < 4.78 is 10.3. The van der Waals surface area contributed by atoms with Crippen LogP contribution in [-0.4, -0.2) is 36.4 Å². The van der Waals surface area contributed by atoms with E-state index in [4.69, 9.17) is 15.2 Å². The number of hydrogen-bond donors (Lipinski definition) is 1. The minimum atomic E-state index is -1.11. The van der Waals surface area contributed by atoms with Crippen LogP contribution in [0.3, 0.4) is 0 Å². The highest BCUT2D eigenvalue weighted by Crippen LogP contribution is 2.30. The second-order valence-corrected chi connectivity index (χ2v) is 6.08. The number of nitrogens with zero attached hydrogens (tertiary/aromatic N) is 1. The van der Waals surface area contributed by atoms with Gasteiger partial charge in [0.15, 0.2) is 6.10 Å². The Morgan fingerprint density at radius 3 is 2.29 bits per heavy atom. The van der Waals surface area contributed by atoms with Gasteiger partial charge in [0.1, 0.15) is 5.75 Å². The molecule has 144 valence electrons. The molecular formula is C20H18N2O6. The summed E-state index contributed by atoms with van der Waals surface area (Å²) in [7, 11) is 0. The first-order valence-corrected chi connectivity index (χ1v) is 8.59. The highest BCUT2D eigenvalue weighted by molar-refractivity contribution is 6.34. The van der Waals surface area contributed by atoms with Gasteiger partial charge in [-0.05, 0) is 56.3 Å². The van der Waals surface area contributed by atoms with E-state index in [1.54, 1.807) is 24.3 Å². The lowest BCUT2D eigenvalue weighted by Gasteiger charge is -2.14. The summed E-state index contributed by atoms with van der Waals surface area (Å²) in [5.74, 6) is -2.02. The van der Waals surface area contributed by atoms with E-state index >= 15 is 0 Å². The van der Waals surface area contributed by atoms with E-state index in [-0.39, 0.29) is 16.7 Å². The standard InChI is InChI=1S/C20H18N2O6/c1-3-27-14-7-5-13(6-8-14)22-18(24)15-9-4-12(10-16(15)19(22)25)20(26)28-11(2)17(21)23/h4-11H,3H2,1-2H3,(H2,21,23)/t11-/m0/s1. The van der Waals surface area contributed by atoms with Crippen molar-refractivity contribution in [3.8, 4) is 5.75 Å². The van der Waals surface area contributed by atoms with Gasteiger partial charge in [0.2, 0.25) is 0 Å². The van der Waals surface area contributed by atoms with Gasteiger partial charge in [-0.3, -0.25) is 14.4 Å². The average molecular weight is 382 g/mol. The van der Waals surface area contributed by atoms with Crippen molar-refractivity contribution in [3.05, 3.63) is 59.2 Å². The first-order valence-electron chi connectivity index (χ1n) is 8.59. The molecule has 0 unspecified atom stereocenters. The van der Waals surface area contributed by atoms with Crippen LogP contribution in [0, 0.1) is 0 Å². The zero-order valence-electron chi connectivity index (χ0n) is 15.3. The van der Waals surface area contributed by atoms with E-state index in [9.17, 15) is 19.2 Å². The van der Waals surface area contributed by atoms with E-state index in [0.29, 0.717) is 18.0 Å². The number of carbonyl (C=O) groups excluding carboxylic acids is 4. The minimum absolute atomic E-state index is 0.0431. The van der Waals surface area contributed by atoms with Crippen LogP contribution in [-0.2, 0) is 9.53 Å². The maximum Gasteiger partial charge on any atom is 0.338 e. The number of imide groups is 1. The summed E-state index contributed by atoms with van der Waals surface area (Å²) in [5, 5.41) is 0. The lowest BCUT2D eigenvalue weighted by molar-refractivity contribution is -0.125.